The van der Waals surface area contributed by atoms with Crippen LogP contribution in [0.2, 0.25) is 0 Å². The molecule has 0 radical (unpaired) electrons. The van der Waals surface area contributed by atoms with E-state index in [4.69, 9.17) is 15.2 Å². The molecule has 2 N–H and O–H groups in total. The van der Waals surface area contributed by atoms with Crippen molar-refractivity contribution in [3.8, 4) is 0 Å². The number of rotatable bonds is 12. The van der Waals surface area contributed by atoms with E-state index < -0.39 is 0 Å². The molecule has 25 heavy (non-hydrogen) atoms. The summed E-state index contributed by atoms with van der Waals surface area (Å²) >= 11 is 0. The van der Waals surface area contributed by atoms with Crippen molar-refractivity contribution in [2.75, 3.05) is 19.8 Å². The zero-order valence-electron chi connectivity index (χ0n) is 16.1. The van der Waals surface area contributed by atoms with Gasteiger partial charge in [-0.1, -0.05) is 39.7 Å². The molecule has 5 nitrogen and oxygen atoms in total. The summed E-state index contributed by atoms with van der Waals surface area (Å²) in [6.07, 6.45) is 10.6. The Morgan fingerprint density at radius 3 is 2.28 bits per heavy atom. The first-order chi connectivity index (χ1) is 12.0. The molecule has 0 spiro atoms. The predicted octanol–water partition coefficient (Wildman–Crippen LogP) is 4.25. The molecule has 1 aliphatic carbocycles. The summed E-state index contributed by atoms with van der Waals surface area (Å²) in [5.41, 5.74) is 4.97. The highest BCUT2D eigenvalue weighted by molar-refractivity contribution is 5.82. The molecule has 148 valence electrons. The quantitative estimate of drug-likeness (QED) is 0.418. The van der Waals surface area contributed by atoms with Crippen molar-refractivity contribution in [2.45, 2.75) is 71.6 Å². The zero-order chi connectivity index (χ0) is 18.9. The van der Waals surface area contributed by atoms with Gasteiger partial charge in [-0.15, -0.1) is 0 Å². The fourth-order valence-electron chi connectivity index (χ4n) is 2.78. The lowest BCUT2D eigenvalue weighted by molar-refractivity contribution is -0.126. The van der Waals surface area contributed by atoms with Crippen molar-refractivity contribution < 1.29 is 20.5 Å². The lowest BCUT2D eigenvalue weighted by atomic mass is 9.83. The van der Waals surface area contributed by atoms with Crippen LogP contribution in [0.3, 0.4) is 0 Å². The first-order valence-electron chi connectivity index (χ1n) is 9.61. The van der Waals surface area contributed by atoms with Gasteiger partial charge in [0.25, 0.3) is 0 Å². The Balaban J connectivity index is 0. The molecule has 0 atom stereocenters. The third-order valence-electron chi connectivity index (χ3n) is 4.21. The maximum atomic E-state index is 11.5. The van der Waals surface area contributed by atoms with E-state index in [9.17, 15) is 9.59 Å². The van der Waals surface area contributed by atoms with Gasteiger partial charge >= 0.3 is 0 Å². The molecule has 1 saturated carbocycles. The number of carbonyl (C=O) groups excluding carboxylic acids is 2. The molecule has 0 aromatic rings. The van der Waals surface area contributed by atoms with Gasteiger partial charge in [0.15, 0.2) is 0 Å². The van der Waals surface area contributed by atoms with Crippen molar-refractivity contribution in [3.63, 3.8) is 0 Å². The van der Waals surface area contributed by atoms with E-state index in [-0.39, 0.29) is 13.3 Å². The molecular weight excluding hydrogens is 318 g/mol. The van der Waals surface area contributed by atoms with Crippen LogP contribution in [0, 0.1) is 11.8 Å². The third kappa shape index (κ3) is 14.7. The Kier molecular flexibility index (Phi) is 15.2. The van der Waals surface area contributed by atoms with Gasteiger partial charge in [0.2, 0.25) is 5.91 Å². The Bertz CT molecular complexity index is 369. The van der Waals surface area contributed by atoms with Crippen molar-refractivity contribution in [1.82, 2.24) is 0 Å². The van der Waals surface area contributed by atoms with Gasteiger partial charge in [0, 0.05) is 32.9 Å². The third-order valence-corrected chi connectivity index (χ3v) is 4.21. The van der Waals surface area contributed by atoms with Crippen molar-refractivity contribution in [3.05, 3.63) is 12.8 Å². The highest BCUT2D eigenvalue weighted by atomic mass is 16.5. The molecule has 5 heteroatoms. The first-order valence-corrected chi connectivity index (χ1v) is 9.61. The number of ketones is 1. The second-order valence-corrected chi connectivity index (χ2v) is 6.82. The van der Waals surface area contributed by atoms with E-state index in [1.807, 2.05) is 13.8 Å². The highest BCUT2D eigenvalue weighted by Crippen LogP contribution is 2.26. The Morgan fingerprint density at radius 1 is 1.12 bits per heavy atom. The standard InChI is InChI=1S/C10H19NO3.C10H18O.H2/c1-2-13-7-3-4-8-14-9-5-6-10(11)12;1-8(2)10(11)9-6-4-3-5-7-9;/h2H,1,3-9H2,(H2,11,12);8-9H,3-7H2,1-2H3;1H. The van der Waals surface area contributed by atoms with Crippen LogP contribution >= 0.6 is 0 Å². The SMILES string of the molecule is C=COCCCCOCCCC(N)=O.CC(C)C(=O)C1CCCCC1.[HH]. The largest absolute Gasteiger partial charge is 0.502 e. The minimum absolute atomic E-state index is 0. The van der Waals surface area contributed by atoms with E-state index in [0.29, 0.717) is 44.4 Å². The van der Waals surface area contributed by atoms with Crippen LogP contribution in [0.25, 0.3) is 0 Å². The monoisotopic (exact) mass is 357 g/mol. The first kappa shape index (κ1) is 23.6. The van der Waals surface area contributed by atoms with Crippen LogP contribution < -0.4 is 5.73 Å². The summed E-state index contributed by atoms with van der Waals surface area (Å²) in [6, 6.07) is 0. The second kappa shape index (κ2) is 16.1. The van der Waals surface area contributed by atoms with Gasteiger partial charge in [-0.05, 0) is 32.1 Å². The number of nitrogens with two attached hydrogens (primary N) is 1. The molecule has 0 bridgehead atoms. The lowest BCUT2D eigenvalue weighted by Gasteiger charge is -2.21. The molecule has 0 aliphatic heterocycles. The van der Waals surface area contributed by atoms with Gasteiger partial charge in [-0.3, -0.25) is 9.59 Å². The number of ether oxygens (including phenoxy) is 2. The van der Waals surface area contributed by atoms with Gasteiger partial charge in [0.05, 0.1) is 12.9 Å². The van der Waals surface area contributed by atoms with Crippen molar-refractivity contribution in [1.29, 1.82) is 0 Å². The van der Waals surface area contributed by atoms with Gasteiger partial charge in [0.1, 0.15) is 5.78 Å². The number of hydrogen-bond acceptors (Lipinski definition) is 4. The normalized spacial score (nSPS) is 14.5. The Hall–Kier alpha value is -1.36. The summed E-state index contributed by atoms with van der Waals surface area (Å²) in [5, 5.41) is 0. The number of unbranched alkanes of at least 4 members (excludes halogenated alkanes) is 1. The number of carbonyl (C=O) groups is 2. The van der Waals surface area contributed by atoms with Gasteiger partial charge < -0.3 is 15.2 Å². The maximum Gasteiger partial charge on any atom is 0.217 e. The summed E-state index contributed by atoms with van der Waals surface area (Å²) in [5.74, 6) is 0.875. The van der Waals surface area contributed by atoms with E-state index in [0.717, 1.165) is 25.7 Å². The van der Waals surface area contributed by atoms with Crippen LogP contribution in [0.5, 0.6) is 0 Å². The number of amides is 1. The van der Waals surface area contributed by atoms with E-state index in [1.54, 1.807) is 0 Å². The zero-order valence-corrected chi connectivity index (χ0v) is 16.1. The molecule has 0 heterocycles. The van der Waals surface area contributed by atoms with Crippen LogP contribution in [0.15, 0.2) is 12.8 Å². The number of Topliss-reactive ketones (excluding diaryl/α,β-unsaturated/α-hetero) is 1. The van der Waals surface area contributed by atoms with E-state index in [1.165, 1.54) is 25.5 Å². The summed E-state index contributed by atoms with van der Waals surface area (Å²) in [7, 11) is 0. The average Bonchev–Trinajstić information content (AvgIpc) is 2.60. The molecule has 1 rings (SSSR count). The highest BCUT2D eigenvalue weighted by Gasteiger charge is 2.22. The molecule has 0 aromatic heterocycles. The van der Waals surface area contributed by atoms with Crippen molar-refractivity contribution in [2.24, 2.45) is 17.6 Å². The van der Waals surface area contributed by atoms with Crippen LogP contribution in [0.4, 0.5) is 0 Å². The van der Waals surface area contributed by atoms with Crippen LogP contribution in [-0.4, -0.2) is 31.5 Å². The summed E-state index contributed by atoms with van der Waals surface area (Å²) in [6.45, 7) is 9.46. The minimum atomic E-state index is -0.270. The maximum absolute atomic E-state index is 11.5. The molecule has 0 unspecified atom stereocenters. The number of primary amides is 1. The van der Waals surface area contributed by atoms with Gasteiger partial charge in [-0.2, -0.15) is 0 Å². The van der Waals surface area contributed by atoms with E-state index >= 15 is 0 Å². The molecular formula is C20H39NO4. The minimum Gasteiger partial charge on any atom is -0.502 e. The molecule has 1 fully saturated rings. The van der Waals surface area contributed by atoms with Gasteiger partial charge in [-0.25, -0.2) is 0 Å². The lowest BCUT2D eigenvalue weighted by Crippen LogP contribution is -2.21. The number of hydrogen-bond donors (Lipinski definition) is 1. The van der Waals surface area contributed by atoms with Crippen molar-refractivity contribution >= 4 is 11.7 Å². The Labute approximate surface area is 154 Å². The summed E-state index contributed by atoms with van der Waals surface area (Å²) < 4.78 is 10.2. The fourth-order valence-corrected chi connectivity index (χ4v) is 2.78. The molecule has 1 amide bonds. The topological polar surface area (TPSA) is 78.6 Å². The summed E-state index contributed by atoms with van der Waals surface area (Å²) in [4.78, 5) is 21.8. The van der Waals surface area contributed by atoms with Crippen LogP contribution in [0.1, 0.15) is 73.1 Å². The molecule has 0 saturated heterocycles. The second-order valence-electron chi connectivity index (χ2n) is 6.82. The smallest absolute Gasteiger partial charge is 0.217 e. The molecule has 0 aromatic carbocycles. The predicted molar refractivity (Wildman–Crippen MR) is 103 cm³/mol. The molecule has 1 aliphatic rings. The fraction of sp³-hybridized carbons (Fsp3) is 0.800. The Morgan fingerprint density at radius 2 is 1.72 bits per heavy atom. The average molecular weight is 358 g/mol. The van der Waals surface area contributed by atoms with Crippen LogP contribution in [-0.2, 0) is 19.1 Å². The van der Waals surface area contributed by atoms with E-state index in [2.05, 4.69) is 6.58 Å².